The summed E-state index contributed by atoms with van der Waals surface area (Å²) in [6.07, 6.45) is 0.832. The molecule has 0 bridgehead atoms. The predicted molar refractivity (Wildman–Crippen MR) is 71.1 cm³/mol. The lowest BCUT2D eigenvalue weighted by Gasteiger charge is -2.42. The highest BCUT2D eigenvalue weighted by atomic mass is 35.5. The third-order valence-electron chi connectivity index (χ3n) is 3.65. The fourth-order valence-corrected chi connectivity index (χ4v) is 2.67. The summed E-state index contributed by atoms with van der Waals surface area (Å²) in [5, 5.41) is 9.27. The van der Waals surface area contributed by atoms with Crippen LogP contribution in [0.15, 0.2) is 18.2 Å². The molecule has 96 valence electrons. The smallest absolute Gasteiger partial charge is 0.141 e. The molecule has 0 spiro atoms. The fraction of sp³-hybridized carbons (Fsp3) is 0.500. The normalized spacial score (nSPS) is 22.6. The Morgan fingerprint density at radius 3 is 2.78 bits per heavy atom. The lowest BCUT2D eigenvalue weighted by Crippen LogP contribution is -2.45. The van der Waals surface area contributed by atoms with Crippen molar-refractivity contribution in [2.24, 2.45) is 11.3 Å². The van der Waals surface area contributed by atoms with Gasteiger partial charge >= 0.3 is 0 Å². The Balaban J connectivity index is 2.21. The van der Waals surface area contributed by atoms with Gasteiger partial charge in [0.15, 0.2) is 0 Å². The molecule has 4 heteroatoms. The maximum absolute atomic E-state index is 13.1. The number of anilines is 1. The number of nitrogens with zero attached hydrogens (tertiary/aromatic N) is 2. The first-order chi connectivity index (χ1) is 8.44. The molecular weight excluding hydrogens is 251 g/mol. The summed E-state index contributed by atoms with van der Waals surface area (Å²) in [7, 11) is 0. The molecule has 1 aliphatic heterocycles. The van der Waals surface area contributed by atoms with Crippen molar-refractivity contribution in [1.82, 2.24) is 0 Å². The van der Waals surface area contributed by atoms with Crippen LogP contribution in [0.1, 0.15) is 20.3 Å². The van der Waals surface area contributed by atoms with Crippen LogP contribution < -0.4 is 4.90 Å². The van der Waals surface area contributed by atoms with Crippen LogP contribution in [0, 0.1) is 28.5 Å². The van der Waals surface area contributed by atoms with Gasteiger partial charge in [0, 0.05) is 18.8 Å². The molecule has 1 unspecified atom stereocenters. The second kappa shape index (κ2) is 4.78. The first kappa shape index (κ1) is 13.2. The number of benzene rings is 1. The van der Waals surface area contributed by atoms with Gasteiger partial charge in [-0.2, -0.15) is 5.26 Å². The third-order valence-corrected chi connectivity index (χ3v) is 3.94. The summed E-state index contributed by atoms with van der Waals surface area (Å²) in [5.41, 5.74) is 0.860. The van der Waals surface area contributed by atoms with Gasteiger partial charge in [-0.05, 0) is 30.0 Å². The Morgan fingerprint density at radius 1 is 1.50 bits per heavy atom. The fourth-order valence-electron chi connectivity index (χ4n) is 2.50. The molecule has 0 radical (unpaired) electrons. The first-order valence-electron chi connectivity index (χ1n) is 6.03. The van der Waals surface area contributed by atoms with E-state index in [9.17, 15) is 4.39 Å². The molecule has 1 saturated heterocycles. The zero-order valence-corrected chi connectivity index (χ0v) is 11.3. The van der Waals surface area contributed by atoms with E-state index in [-0.39, 0.29) is 16.4 Å². The molecule has 1 aromatic rings. The van der Waals surface area contributed by atoms with Crippen LogP contribution >= 0.6 is 11.6 Å². The summed E-state index contributed by atoms with van der Waals surface area (Å²) in [5.74, 6) is -0.323. The largest absolute Gasteiger partial charge is 0.371 e. The van der Waals surface area contributed by atoms with E-state index in [0.29, 0.717) is 0 Å². The summed E-state index contributed by atoms with van der Waals surface area (Å²) in [6.45, 7) is 5.78. The average Bonchev–Trinajstić information content (AvgIpc) is 2.31. The van der Waals surface area contributed by atoms with E-state index >= 15 is 0 Å². The minimum atomic E-state index is -0.397. The van der Waals surface area contributed by atoms with Gasteiger partial charge in [0.25, 0.3) is 0 Å². The first-order valence-corrected chi connectivity index (χ1v) is 6.41. The van der Waals surface area contributed by atoms with Gasteiger partial charge in [-0.1, -0.05) is 25.4 Å². The lowest BCUT2D eigenvalue weighted by atomic mass is 9.74. The zero-order chi connectivity index (χ0) is 13.3. The van der Waals surface area contributed by atoms with Crippen molar-refractivity contribution in [3.05, 3.63) is 29.0 Å². The quantitative estimate of drug-likeness (QED) is 0.772. The van der Waals surface area contributed by atoms with E-state index < -0.39 is 5.82 Å². The second-order valence-electron chi connectivity index (χ2n) is 5.48. The van der Waals surface area contributed by atoms with Crippen molar-refractivity contribution in [3.63, 3.8) is 0 Å². The minimum Gasteiger partial charge on any atom is -0.371 e. The Labute approximate surface area is 112 Å². The molecule has 0 amide bonds. The van der Waals surface area contributed by atoms with Crippen molar-refractivity contribution in [3.8, 4) is 6.07 Å². The van der Waals surface area contributed by atoms with Crippen LogP contribution in [0.4, 0.5) is 10.1 Å². The third kappa shape index (κ3) is 2.44. The van der Waals surface area contributed by atoms with Crippen molar-refractivity contribution in [2.45, 2.75) is 20.3 Å². The molecule has 0 saturated carbocycles. The highest BCUT2D eigenvalue weighted by Gasteiger charge is 2.36. The van der Waals surface area contributed by atoms with E-state index in [1.54, 1.807) is 12.1 Å². The molecule has 1 atom stereocenters. The van der Waals surface area contributed by atoms with E-state index in [1.165, 1.54) is 6.07 Å². The maximum Gasteiger partial charge on any atom is 0.141 e. The number of hydrogen-bond donors (Lipinski definition) is 0. The molecule has 2 rings (SSSR count). The Bertz CT molecular complexity index is 493. The summed E-state index contributed by atoms with van der Waals surface area (Å²) < 4.78 is 13.1. The van der Waals surface area contributed by atoms with Crippen molar-refractivity contribution >= 4 is 17.3 Å². The monoisotopic (exact) mass is 266 g/mol. The van der Waals surface area contributed by atoms with Crippen LogP contribution in [0.25, 0.3) is 0 Å². The van der Waals surface area contributed by atoms with Crippen molar-refractivity contribution in [2.75, 3.05) is 18.0 Å². The molecule has 0 aromatic heterocycles. The van der Waals surface area contributed by atoms with Gasteiger partial charge in [0.2, 0.25) is 0 Å². The molecule has 1 heterocycles. The molecule has 2 nitrogen and oxygen atoms in total. The van der Waals surface area contributed by atoms with Gasteiger partial charge in [0.1, 0.15) is 5.82 Å². The Kier molecular flexibility index (Phi) is 3.49. The standard InChI is InChI=1S/C14H16ClFN2/c1-14(2)9-18(6-5-10(14)8-17)11-3-4-13(16)12(15)7-11/h3-4,7,10H,5-6,9H2,1-2H3. The number of nitriles is 1. The van der Waals surface area contributed by atoms with E-state index in [1.807, 2.05) is 0 Å². The molecule has 1 aromatic carbocycles. The van der Waals surface area contributed by atoms with E-state index in [2.05, 4.69) is 24.8 Å². The van der Waals surface area contributed by atoms with Gasteiger partial charge in [-0.3, -0.25) is 0 Å². The average molecular weight is 267 g/mol. The minimum absolute atomic E-state index is 0.0616. The molecule has 0 N–H and O–H groups in total. The number of piperidine rings is 1. The van der Waals surface area contributed by atoms with Crippen molar-refractivity contribution in [1.29, 1.82) is 5.26 Å². The van der Waals surface area contributed by atoms with Crippen LogP contribution in [0.2, 0.25) is 5.02 Å². The van der Waals surface area contributed by atoms with Gasteiger partial charge in [-0.15, -0.1) is 0 Å². The molecule has 18 heavy (non-hydrogen) atoms. The predicted octanol–water partition coefficient (Wildman–Crippen LogP) is 3.86. The van der Waals surface area contributed by atoms with Crippen LogP contribution in [-0.4, -0.2) is 13.1 Å². The van der Waals surface area contributed by atoms with Crippen LogP contribution in [-0.2, 0) is 0 Å². The number of rotatable bonds is 1. The van der Waals surface area contributed by atoms with E-state index in [4.69, 9.17) is 16.9 Å². The maximum atomic E-state index is 13.1. The Morgan fingerprint density at radius 2 is 2.22 bits per heavy atom. The zero-order valence-electron chi connectivity index (χ0n) is 10.6. The van der Waals surface area contributed by atoms with Crippen LogP contribution in [0.3, 0.4) is 0 Å². The topological polar surface area (TPSA) is 27.0 Å². The number of halogens is 2. The lowest BCUT2D eigenvalue weighted by molar-refractivity contribution is 0.226. The molecule has 0 aliphatic carbocycles. The highest BCUT2D eigenvalue weighted by molar-refractivity contribution is 6.31. The number of hydrogen-bond acceptors (Lipinski definition) is 2. The van der Waals surface area contributed by atoms with Gasteiger partial charge < -0.3 is 4.90 Å². The van der Waals surface area contributed by atoms with Crippen molar-refractivity contribution < 1.29 is 4.39 Å². The summed E-state index contributed by atoms with van der Waals surface area (Å²) in [6, 6.07) is 7.16. The molecular formula is C14H16ClFN2. The summed E-state index contributed by atoms with van der Waals surface area (Å²) in [4.78, 5) is 2.17. The molecule has 1 aliphatic rings. The van der Waals surface area contributed by atoms with E-state index in [0.717, 1.165) is 25.2 Å². The van der Waals surface area contributed by atoms with Gasteiger partial charge in [0.05, 0.1) is 17.0 Å². The van der Waals surface area contributed by atoms with Crippen LogP contribution in [0.5, 0.6) is 0 Å². The second-order valence-corrected chi connectivity index (χ2v) is 5.89. The van der Waals surface area contributed by atoms with Gasteiger partial charge in [-0.25, -0.2) is 4.39 Å². The summed E-state index contributed by atoms with van der Waals surface area (Å²) >= 11 is 5.81. The molecule has 1 fully saturated rings. The SMILES string of the molecule is CC1(C)CN(c2ccc(F)c(Cl)c2)CCC1C#N. The Hall–Kier alpha value is -1.27. The highest BCUT2D eigenvalue weighted by Crippen LogP contribution is 2.37.